The van der Waals surface area contributed by atoms with Crippen molar-refractivity contribution in [2.24, 2.45) is 5.92 Å². The van der Waals surface area contributed by atoms with E-state index >= 15 is 0 Å². The molecule has 0 aliphatic carbocycles. The Hall–Kier alpha value is -2.22. The van der Waals surface area contributed by atoms with Gasteiger partial charge in [0.15, 0.2) is 0 Å². The summed E-state index contributed by atoms with van der Waals surface area (Å²) in [4.78, 5) is 13.7. The molecular weight excluding hydrogens is 386 g/mol. The number of benzene rings is 2. The highest BCUT2D eigenvalue weighted by Crippen LogP contribution is 2.22. The maximum Gasteiger partial charge on any atom is 0.240 e. The number of anilines is 1. The van der Waals surface area contributed by atoms with E-state index in [4.69, 9.17) is 0 Å². The highest BCUT2D eigenvalue weighted by Gasteiger charge is 2.20. The molecule has 0 aromatic heterocycles. The number of amides is 1. The molecule has 1 heterocycles. The van der Waals surface area contributed by atoms with E-state index in [-0.39, 0.29) is 10.8 Å². The summed E-state index contributed by atoms with van der Waals surface area (Å²) in [5.41, 5.74) is 1.92. The maximum atomic E-state index is 12.5. The maximum absolute atomic E-state index is 12.5. The van der Waals surface area contributed by atoms with Crippen LogP contribution < -0.4 is 10.0 Å². The summed E-state index contributed by atoms with van der Waals surface area (Å²) in [7, 11) is -3.53. The Balaban J connectivity index is 1.41. The molecule has 1 aliphatic heterocycles. The molecule has 0 spiro atoms. The number of nitrogens with zero attached hydrogens (tertiary/aromatic N) is 1. The molecule has 1 saturated heterocycles. The Morgan fingerprint density at radius 3 is 2.31 bits per heavy atom. The fourth-order valence-electron chi connectivity index (χ4n) is 3.68. The van der Waals surface area contributed by atoms with Gasteiger partial charge in [0.1, 0.15) is 0 Å². The molecule has 1 fully saturated rings. The Labute approximate surface area is 173 Å². The van der Waals surface area contributed by atoms with Crippen LogP contribution in [0.5, 0.6) is 0 Å². The third-order valence-corrected chi connectivity index (χ3v) is 6.76. The summed E-state index contributed by atoms with van der Waals surface area (Å²) >= 11 is 0. The zero-order valence-electron chi connectivity index (χ0n) is 16.8. The van der Waals surface area contributed by atoms with Gasteiger partial charge >= 0.3 is 0 Å². The summed E-state index contributed by atoms with van der Waals surface area (Å²) in [5.74, 6) is 0.361. The lowest BCUT2D eigenvalue weighted by molar-refractivity contribution is -0.114. The van der Waals surface area contributed by atoms with Crippen LogP contribution in [0.15, 0.2) is 59.5 Å². The van der Waals surface area contributed by atoms with Crippen molar-refractivity contribution >= 4 is 21.6 Å². The summed E-state index contributed by atoms with van der Waals surface area (Å²) in [6, 6.07) is 16.7. The van der Waals surface area contributed by atoms with Gasteiger partial charge in [0, 0.05) is 25.7 Å². The van der Waals surface area contributed by atoms with Gasteiger partial charge in [-0.15, -0.1) is 0 Å². The monoisotopic (exact) mass is 415 g/mol. The molecule has 6 nitrogen and oxygen atoms in total. The number of sulfonamides is 1. The largest absolute Gasteiger partial charge is 0.326 e. The zero-order chi connectivity index (χ0) is 20.7. The fraction of sp³-hybridized carbons (Fsp3) is 0.409. The second kappa shape index (κ2) is 10.0. The molecule has 156 valence electrons. The van der Waals surface area contributed by atoms with Gasteiger partial charge < -0.3 is 5.32 Å². The van der Waals surface area contributed by atoms with Crippen LogP contribution in [0, 0.1) is 5.92 Å². The first-order chi connectivity index (χ1) is 13.9. The molecule has 3 rings (SSSR count). The Kier molecular flexibility index (Phi) is 7.41. The first-order valence-electron chi connectivity index (χ1n) is 10.1. The number of hydrogen-bond acceptors (Lipinski definition) is 4. The molecule has 0 radical (unpaired) electrons. The SMILES string of the molecule is CC(=O)Nc1ccc(S(=O)(=O)NCCC2CCN(Cc3ccccc3)CC2)cc1. The molecule has 29 heavy (non-hydrogen) atoms. The van der Waals surface area contributed by atoms with Gasteiger partial charge in [0.05, 0.1) is 4.90 Å². The molecule has 1 amide bonds. The third-order valence-electron chi connectivity index (χ3n) is 5.29. The lowest BCUT2D eigenvalue weighted by atomic mass is 9.93. The minimum absolute atomic E-state index is 0.187. The minimum atomic E-state index is -3.53. The third kappa shape index (κ3) is 6.66. The van der Waals surface area contributed by atoms with Crippen LogP contribution in [0.2, 0.25) is 0 Å². The summed E-state index contributed by atoms with van der Waals surface area (Å²) < 4.78 is 27.6. The zero-order valence-corrected chi connectivity index (χ0v) is 17.6. The van der Waals surface area contributed by atoms with E-state index in [0.717, 1.165) is 38.9 Å². The van der Waals surface area contributed by atoms with E-state index in [0.29, 0.717) is 18.2 Å². The Morgan fingerprint density at radius 2 is 1.69 bits per heavy atom. The molecule has 0 unspecified atom stereocenters. The molecule has 1 aliphatic rings. The van der Waals surface area contributed by atoms with Crippen LogP contribution in [0.1, 0.15) is 31.7 Å². The van der Waals surface area contributed by atoms with Gasteiger partial charge in [-0.3, -0.25) is 9.69 Å². The van der Waals surface area contributed by atoms with Crippen molar-refractivity contribution in [2.75, 3.05) is 25.0 Å². The fourth-order valence-corrected chi connectivity index (χ4v) is 4.72. The van der Waals surface area contributed by atoms with Crippen LogP contribution in [-0.2, 0) is 21.4 Å². The van der Waals surface area contributed by atoms with Gasteiger partial charge in [-0.05, 0) is 68.1 Å². The van der Waals surface area contributed by atoms with Crippen molar-refractivity contribution in [3.05, 3.63) is 60.2 Å². The first kappa shape index (κ1) is 21.5. The average molecular weight is 416 g/mol. The van der Waals surface area contributed by atoms with Crippen LogP contribution in [-0.4, -0.2) is 38.9 Å². The van der Waals surface area contributed by atoms with E-state index in [2.05, 4.69) is 39.2 Å². The van der Waals surface area contributed by atoms with Crippen molar-refractivity contribution in [2.45, 2.75) is 37.6 Å². The first-order valence-corrected chi connectivity index (χ1v) is 11.5. The molecular formula is C22H29N3O3S. The molecule has 0 bridgehead atoms. The van der Waals surface area contributed by atoms with Crippen molar-refractivity contribution in [3.63, 3.8) is 0 Å². The quantitative estimate of drug-likeness (QED) is 0.694. The van der Waals surface area contributed by atoms with Gasteiger partial charge in [-0.2, -0.15) is 0 Å². The minimum Gasteiger partial charge on any atom is -0.326 e. The van der Waals surface area contributed by atoms with Crippen LogP contribution >= 0.6 is 0 Å². The van der Waals surface area contributed by atoms with E-state index in [9.17, 15) is 13.2 Å². The summed E-state index contributed by atoms with van der Waals surface area (Å²) in [5, 5.41) is 2.63. The van der Waals surface area contributed by atoms with Crippen molar-refractivity contribution in [1.82, 2.24) is 9.62 Å². The number of nitrogens with one attached hydrogen (secondary N) is 2. The summed E-state index contributed by atoms with van der Waals surface area (Å²) in [6.07, 6.45) is 3.04. The Morgan fingerprint density at radius 1 is 1.03 bits per heavy atom. The lowest BCUT2D eigenvalue weighted by Gasteiger charge is -2.32. The van der Waals surface area contributed by atoms with Gasteiger partial charge in [-0.1, -0.05) is 30.3 Å². The van der Waals surface area contributed by atoms with Crippen molar-refractivity contribution < 1.29 is 13.2 Å². The normalized spacial score (nSPS) is 15.9. The molecule has 7 heteroatoms. The Bertz CT molecular complexity index is 891. The van der Waals surface area contributed by atoms with E-state index in [1.165, 1.54) is 24.6 Å². The van der Waals surface area contributed by atoms with E-state index in [1.807, 2.05) is 6.07 Å². The number of carbonyl (C=O) groups excluding carboxylic acids is 1. The number of likely N-dealkylation sites (tertiary alicyclic amines) is 1. The second-order valence-corrected chi connectivity index (χ2v) is 9.36. The molecule has 0 saturated carbocycles. The van der Waals surface area contributed by atoms with Crippen molar-refractivity contribution in [3.8, 4) is 0 Å². The number of hydrogen-bond donors (Lipinski definition) is 2. The van der Waals surface area contributed by atoms with Gasteiger partial charge in [-0.25, -0.2) is 13.1 Å². The lowest BCUT2D eigenvalue weighted by Crippen LogP contribution is -2.34. The topological polar surface area (TPSA) is 78.5 Å². The van der Waals surface area contributed by atoms with Crippen LogP contribution in [0.4, 0.5) is 5.69 Å². The van der Waals surface area contributed by atoms with E-state index in [1.54, 1.807) is 12.1 Å². The molecule has 0 atom stereocenters. The van der Waals surface area contributed by atoms with Gasteiger partial charge in [0.25, 0.3) is 0 Å². The molecule has 2 N–H and O–H groups in total. The van der Waals surface area contributed by atoms with Crippen LogP contribution in [0.3, 0.4) is 0 Å². The highest BCUT2D eigenvalue weighted by molar-refractivity contribution is 7.89. The smallest absolute Gasteiger partial charge is 0.240 e. The predicted octanol–water partition coefficient (Wildman–Crippen LogP) is 3.23. The highest BCUT2D eigenvalue weighted by atomic mass is 32.2. The van der Waals surface area contributed by atoms with Crippen molar-refractivity contribution in [1.29, 1.82) is 0 Å². The summed E-state index contributed by atoms with van der Waals surface area (Å²) in [6.45, 7) is 4.94. The molecule has 2 aromatic rings. The second-order valence-electron chi connectivity index (χ2n) is 7.60. The number of rotatable bonds is 8. The standard InChI is InChI=1S/C22H29N3O3S/c1-18(26)24-21-7-9-22(10-8-21)29(27,28)23-14-11-19-12-15-25(16-13-19)17-20-5-3-2-4-6-20/h2-10,19,23H,11-17H2,1H3,(H,24,26). The predicted molar refractivity (Wildman–Crippen MR) is 115 cm³/mol. The van der Waals surface area contributed by atoms with Crippen LogP contribution in [0.25, 0.3) is 0 Å². The average Bonchev–Trinajstić information content (AvgIpc) is 2.70. The number of piperidine rings is 1. The van der Waals surface area contributed by atoms with E-state index < -0.39 is 10.0 Å². The van der Waals surface area contributed by atoms with Gasteiger partial charge in [0.2, 0.25) is 15.9 Å². The molecule has 2 aromatic carbocycles. The number of carbonyl (C=O) groups is 1.